The van der Waals surface area contributed by atoms with Crippen LogP contribution < -0.4 is 4.74 Å². The minimum atomic E-state index is -0.969. The minimum absolute atomic E-state index is 0.00764. The van der Waals surface area contributed by atoms with E-state index in [2.05, 4.69) is 6.92 Å². The van der Waals surface area contributed by atoms with Gasteiger partial charge in [0.15, 0.2) is 11.6 Å². The zero-order valence-electron chi connectivity index (χ0n) is 20.2. The van der Waals surface area contributed by atoms with Gasteiger partial charge in [-0.05, 0) is 56.0 Å². The first-order valence-electron chi connectivity index (χ1n) is 11.8. The number of carboxylic acid groups (broad SMARTS) is 1. The molecular weight excluding hydrogens is 452 g/mol. The Balaban J connectivity index is 1.97. The molecule has 7 heteroatoms. The number of Topliss-reactive ketones (excluding diaryl/α,β-unsaturated/α-hetero) is 2. The van der Waals surface area contributed by atoms with E-state index in [4.69, 9.17) is 9.84 Å². The van der Waals surface area contributed by atoms with Crippen molar-refractivity contribution in [3.63, 3.8) is 0 Å². The Morgan fingerprint density at radius 2 is 1.74 bits per heavy atom. The third kappa shape index (κ3) is 7.90. The molecule has 0 saturated heterocycles. The molecule has 0 unspecified atom stereocenters. The second kappa shape index (κ2) is 13.8. The van der Waals surface area contributed by atoms with Crippen molar-refractivity contribution in [3.8, 4) is 11.5 Å². The standard InChI is InChI=1S/C27H34O6S/c1-4-7-20-17-19(23(29)11-14-26(30)31)9-13-25(20)34-16-6-15-33-24-12-10-21(18(3)28)27(32)22(24)8-5-2/h9-10,12-13,17,32H,4-8,11,14-16H2,1-3H3,(H,30,31). The summed E-state index contributed by atoms with van der Waals surface area (Å²) in [5.74, 6) is 0.169. The molecule has 0 amide bonds. The highest BCUT2D eigenvalue weighted by atomic mass is 32.2. The number of carbonyl (C=O) groups excluding carboxylic acids is 2. The van der Waals surface area contributed by atoms with E-state index in [1.165, 1.54) is 6.92 Å². The number of ketones is 2. The lowest BCUT2D eigenvalue weighted by Gasteiger charge is -2.15. The van der Waals surface area contributed by atoms with Gasteiger partial charge in [-0.2, -0.15) is 0 Å². The Labute approximate surface area is 205 Å². The van der Waals surface area contributed by atoms with Gasteiger partial charge in [-0.1, -0.05) is 32.8 Å². The molecule has 0 aliphatic heterocycles. The normalized spacial score (nSPS) is 10.8. The van der Waals surface area contributed by atoms with Gasteiger partial charge in [-0.15, -0.1) is 11.8 Å². The maximum atomic E-state index is 12.3. The summed E-state index contributed by atoms with van der Waals surface area (Å²) >= 11 is 1.71. The molecule has 2 rings (SSSR count). The van der Waals surface area contributed by atoms with E-state index in [9.17, 15) is 19.5 Å². The molecule has 0 fully saturated rings. The summed E-state index contributed by atoms with van der Waals surface area (Å²) in [6, 6.07) is 8.98. The molecular formula is C27H34O6S. The molecule has 0 bridgehead atoms. The average Bonchev–Trinajstić information content (AvgIpc) is 2.80. The van der Waals surface area contributed by atoms with Crippen molar-refractivity contribution in [1.29, 1.82) is 0 Å². The van der Waals surface area contributed by atoms with E-state index in [0.717, 1.165) is 41.9 Å². The number of benzene rings is 2. The predicted molar refractivity (Wildman–Crippen MR) is 135 cm³/mol. The van der Waals surface area contributed by atoms with Crippen LogP contribution in [0.1, 0.15) is 84.7 Å². The predicted octanol–water partition coefficient (Wildman–Crippen LogP) is 6.11. The molecule has 0 radical (unpaired) electrons. The second-order valence-electron chi connectivity index (χ2n) is 8.18. The topological polar surface area (TPSA) is 101 Å². The molecule has 0 spiro atoms. The number of rotatable bonds is 15. The molecule has 6 nitrogen and oxygen atoms in total. The van der Waals surface area contributed by atoms with Gasteiger partial charge in [-0.25, -0.2) is 0 Å². The third-order valence-electron chi connectivity index (χ3n) is 5.39. The Bertz CT molecular complexity index is 1010. The van der Waals surface area contributed by atoms with Crippen LogP contribution in [-0.4, -0.2) is 40.1 Å². The molecule has 0 atom stereocenters. The fourth-order valence-corrected chi connectivity index (χ4v) is 4.67. The van der Waals surface area contributed by atoms with Gasteiger partial charge in [0.1, 0.15) is 11.5 Å². The lowest BCUT2D eigenvalue weighted by Crippen LogP contribution is -2.05. The summed E-state index contributed by atoms with van der Waals surface area (Å²) in [5, 5.41) is 19.3. The van der Waals surface area contributed by atoms with Gasteiger partial charge >= 0.3 is 5.97 Å². The highest BCUT2D eigenvalue weighted by Gasteiger charge is 2.16. The third-order valence-corrected chi connectivity index (χ3v) is 6.59. The quantitative estimate of drug-likeness (QED) is 0.178. The summed E-state index contributed by atoms with van der Waals surface area (Å²) in [6.07, 6.45) is 3.90. The number of hydrogen-bond donors (Lipinski definition) is 2. The number of phenolic OH excluding ortho intramolecular Hbond substituents is 1. The number of hydrogen-bond acceptors (Lipinski definition) is 6. The maximum absolute atomic E-state index is 12.3. The average molecular weight is 487 g/mol. The van der Waals surface area contributed by atoms with Crippen LogP contribution in [0.3, 0.4) is 0 Å². The Morgan fingerprint density at radius 1 is 1.00 bits per heavy atom. The molecule has 2 N–H and O–H groups in total. The van der Waals surface area contributed by atoms with Crippen molar-refractivity contribution >= 4 is 29.3 Å². The summed E-state index contributed by atoms with van der Waals surface area (Å²) in [4.78, 5) is 35.9. The van der Waals surface area contributed by atoms with Crippen LogP contribution in [0.5, 0.6) is 11.5 Å². The first-order chi connectivity index (χ1) is 16.3. The first kappa shape index (κ1) is 27.4. The Morgan fingerprint density at radius 3 is 2.38 bits per heavy atom. The van der Waals surface area contributed by atoms with Crippen molar-refractivity contribution in [1.82, 2.24) is 0 Å². The van der Waals surface area contributed by atoms with Crippen molar-refractivity contribution in [2.75, 3.05) is 12.4 Å². The van der Waals surface area contributed by atoms with Crippen molar-refractivity contribution in [3.05, 3.63) is 52.6 Å². The lowest BCUT2D eigenvalue weighted by atomic mass is 10.0. The van der Waals surface area contributed by atoms with Gasteiger partial charge in [-0.3, -0.25) is 14.4 Å². The van der Waals surface area contributed by atoms with Gasteiger partial charge in [0, 0.05) is 28.2 Å². The molecule has 2 aromatic carbocycles. The van der Waals surface area contributed by atoms with Gasteiger partial charge in [0.05, 0.1) is 18.6 Å². The highest BCUT2D eigenvalue weighted by molar-refractivity contribution is 7.99. The number of aliphatic carboxylic acids is 1. The van der Waals surface area contributed by atoms with Crippen LogP contribution in [0.25, 0.3) is 0 Å². The smallest absolute Gasteiger partial charge is 0.303 e. The van der Waals surface area contributed by atoms with E-state index < -0.39 is 5.97 Å². The zero-order chi connectivity index (χ0) is 25.1. The molecule has 0 aliphatic carbocycles. The largest absolute Gasteiger partial charge is 0.507 e. The van der Waals surface area contributed by atoms with Crippen LogP contribution in [0.15, 0.2) is 35.2 Å². The lowest BCUT2D eigenvalue weighted by molar-refractivity contribution is -0.136. The SMILES string of the molecule is CCCc1cc(C(=O)CCC(=O)O)ccc1SCCCOc1ccc(C(C)=O)c(O)c1CCC. The fraction of sp³-hybridized carbons (Fsp3) is 0.444. The molecule has 0 aliphatic rings. The number of aryl methyl sites for hydroxylation is 1. The summed E-state index contributed by atoms with van der Waals surface area (Å²) < 4.78 is 5.94. The van der Waals surface area contributed by atoms with Gasteiger partial charge in [0.2, 0.25) is 0 Å². The summed E-state index contributed by atoms with van der Waals surface area (Å²) in [6.45, 7) is 6.02. The molecule has 0 heterocycles. The molecule has 184 valence electrons. The van der Waals surface area contributed by atoms with E-state index in [-0.39, 0.29) is 30.2 Å². The van der Waals surface area contributed by atoms with Crippen LogP contribution in [0.2, 0.25) is 0 Å². The number of ether oxygens (including phenoxy) is 1. The van der Waals surface area contributed by atoms with Crippen molar-refractivity contribution in [2.24, 2.45) is 0 Å². The zero-order valence-corrected chi connectivity index (χ0v) is 21.0. The highest BCUT2D eigenvalue weighted by Crippen LogP contribution is 2.33. The molecule has 34 heavy (non-hydrogen) atoms. The Kier molecular flexibility index (Phi) is 11.1. The van der Waals surface area contributed by atoms with Crippen LogP contribution in [0.4, 0.5) is 0 Å². The Hall–Kier alpha value is -2.80. The van der Waals surface area contributed by atoms with Gasteiger partial charge in [0.25, 0.3) is 0 Å². The number of phenols is 1. The minimum Gasteiger partial charge on any atom is -0.507 e. The van der Waals surface area contributed by atoms with Crippen molar-refractivity contribution < 1.29 is 29.3 Å². The number of carbonyl (C=O) groups is 3. The summed E-state index contributed by atoms with van der Waals surface area (Å²) in [5.41, 5.74) is 2.66. The van der Waals surface area contributed by atoms with Crippen LogP contribution in [-0.2, 0) is 17.6 Å². The first-order valence-corrected chi connectivity index (χ1v) is 12.8. The number of thioether (sulfide) groups is 1. The maximum Gasteiger partial charge on any atom is 0.303 e. The van der Waals surface area contributed by atoms with E-state index in [1.54, 1.807) is 30.0 Å². The molecule has 0 saturated carbocycles. The monoisotopic (exact) mass is 486 g/mol. The van der Waals surface area contributed by atoms with E-state index in [0.29, 0.717) is 35.5 Å². The van der Waals surface area contributed by atoms with E-state index >= 15 is 0 Å². The van der Waals surface area contributed by atoms with Crippen molar-refractivity contribution in [2.45, 2.75) is 70.6 Å². The molecule has 0 aromatic heterocycles. The number of aromatic hydroxyl groups is 1. The van der Waals surface area contributed by atoms with Gasteiger partial charge < -0.3 is 14.9 Å². The van der Waals surface area contributed by atoms with E-state index in [1.807, 2.05) is 19.1 Å². The fourth-order valence-electron chi connectivity index (χ4n) is 3.68. The number of carboxylic acids is 1. The molecule has 2 aromatic rings. The summed E-state index contributed by atoms with van der Waals surface area (Å²) in [7, 11) is 0. The van der Waals surface area contributed by atoms with Crippen LogP contribution in [0, 0.1) is 0 Å². The van der Waals surface area contributed by atoms with Crippen LogP contribution >= 0.6 is 11.8 Å². The second-order valence-corrected chi connectivity index (χ2v) is 9.32.